The van der Waals surface area contributed by atoms with Crippen LogP contribution in [0.4, 0.5) is 4.79 Å². The highest BCUT2D eigenvalue weighted by Gasteiger charge is 2.13. The second-order valence-electron chi connectivity index (χ2n) is 5.98. The molecule has 24 heavy (non-hydrogen) atoms. The first kappa shape index (κ1) is 16.0. The maximum Gasteiger partial charge on any atom is 0.415 e. The number of fused-ring (bicyclic) bond motifs is 1. The lowest BCUT2D eigenvalue weighted by Crippen LogP contribution is -2.17. The van der Waals surface area contributed by atoms with Gasteiger partial charge in [0.25, 0.3) is 0 Å². The summed E-state index contributed by atoms with van der Waals surface area (Å²) in [5.41, 5.74) is 7.53. The summed E-state index contributed by atoms with van der Waals surface area (Å²) in [5, 5.41) is 9.91. The average Bonchev–Trinajstić information content (AvgIpc) is 2.97. The van der Waals surface area contributed by atoms with Gasteiger partial charge in [0, 0.05) is 29.9 Å². The van der Waals surface area contributed by atoms with Crippen LogP contribution >= 0.6 is 0 Å². The summed E-state index contributed by atoms with van der Waals surface area (Å²) in [4.78, 5) is 15.4. The second kappa shape index (κ2) is 6.33. The standard InChI is InChI=1S/C18H19N3O3/c1-11(2)17(19)15-10-14(5-7-20-15)24-13-3-4-16-12(9-13)6-8-21(16)18(22)23/h3-11,17H,19H2,1-2H3,(H,22,23). The molecule has 0 amide bonds. The predicted molar refractivity (Wildman–Crippen MR) is 91.4 cm³/mol. The molecule has 0 aliphatic carbocycles. The predicted octanol–water partition coefficient (Wildman–Crippen LogP) is 4.01. The maximum atomic E-state index is 11.1. The van der Waals surface area contributed by atoms with E-state index in [1.165, 1.54) is 10.8 Å². The molecule has 0 saturated heterocycles. The first-order valence-corrected chi connectivity index (χ1v) is 7.69. The number of hydrogen-bond acceptors (Lipinski definition) is 4. The molecular weight excluding hydrogens is 306 g/mol. The molecule has 0 spiro atoms. The monoisotopic (exact) mass is 325 g/mol. The quantitative estimate of drug-likeness (QED) is 0.756. The van der Waals surface area contributed by atoms with E-state index >= 15 is 0 Å². The van der Waals surface area contributed by atoms with Crippen molar-refractivity contribution in [2.45, 2.75) is 19.9 Å². The zero-order chi connectivity index (χ0) is 17.3. The summed E-state index contributed by atoms with van der Waals surface area (Å²) in [7, 11) is 0. The Hall–Kier alpha value is -2.86. The molecule has 0 bridgehead atoms. The van der Waals surface area contributed by atoms with Crippen LogP contribution in [-0.4, -0.2) is 20.8 Å². The lowest BCUT2D eigenvalue weighted by molar-refractivity contribution is 0.197. The van der Waals surface area contributed by atoms with Gasteiger partial charge in [-0.05, 0) is 36.2 Å². The Bertz CT molecular complexity index is 886. The van der Waals surface area contributed by atoms with Crippen LogP contribution in [0.2, 0.25) is 0 Å². The zero-order valence-electron chi connectivity index (χ0n) is 13.5. The lowest BCUT2D eigenvalue weighted by atomic mass is 10.0. The molecular formula is C18H19N3O3. The van der Waals surface area contributed by atoms with Crippen LogP contribution in [0.25, 0.3) is 10.9 Å². The van der Waals surface area contributed by atoms with E-state index < -0.39 is 6.09 Å². The zero-order valence-corrected chi connectivity index (χ0v) is 13.5. The van der Waals surface area contributed by atoms with Crippen LogP contribution in [0.3, 0.4) is 0 Å². The largest absolute Gasteiger partial charge is 0.464 e. The van der Waals surface area contributed by atoms with E-state index in [9.17, 15) is 4.79 Å². The van der Waals surface area contributed by atoms with Gasteiger partial charge in [0.05, 0.1) is 11.2 Å². The molecule has 3 rings (SSSR count). The lowest BCUT2D eigenvalue weighted by Gasteiger charge is -2.15. The third-order valence-corrected chi connectivity index (χ3v) is 3.92. The summed E-state index contributed by atoms with van der Waals surface area (Å²) < 4.78 is 7.05. The Balaban J connectivity index is 1.87. The van der Waals surface area contributed by atoms with E-state index in [2.05, 4.69) is 4.98 Å². The van der Waals surface area contributed by atoms with Crippen molar-refractivity contribution >= 4 is 17.0 Å². The van der Waals surface area contributed by atoms with Gasteiger partial charge in [-0.25, -0.2) is 4.79 Å². The average molecular weight is 325 g/mol. The Morgan fingerprint density at radius 2 is 1.96 bits per heavy atom. The molecule has 1 atom stereocenters. The molecule has 124 valence electrons. The first-order chi connectivity index (χ1) is 11.5. The maximum absolute atomic E-state index is 11.1. The summed E-state index contributed by atoms with van der Waals surface area (Å²) in [6, 6.07) is 10.5. The van der Waals surface area contributed by atoms with Crippen molar-refractivity contribution in [3.63, 3.8) is 0 Å². The van der Waals surface area contributed by atoms with E-state index in [0.717, 1.165) is 11.1 Å². The van der Waals surface area contributed by atoms with Crippen LogP contribution in [-0.2, 0) is 0 Å². The van der Waals surface area contributed by atoms with Crippen LogP contribution in [0.1, 0.15) is 25.6 Å². The molecule has 6 nitrogen and oxygen atoms in total. The van der Waals surface area contributed by atoms with Crippen molar-refractivity contribution in [1.29, 1.82) is 0 Å². The number of carbonyl (C=O) groups is 1. The number of hydrogen-bond donors (Lipinski definition) is 2. The van der Waals surface area contributed by atoms with Crippen LogP contribution in [0.15, 0.2) is 48.8 Å². The molecule has 0 radical (unpaired) electrons. The fourth-order valence-corrected chi connectivity index (χ4v) is 2.50. The number of ether oxygens (including phenoxy) is 1. The van der Waals surface area contributed by atoms with Gasteiger partial charge in [0.15, 0.2) is 0 Å². The van der Waals surface area contributed by atoms with Gasteiger partial charge in [-0.3, -0.25) is 9.55 Å². The highest BCUT2D eigenvalue weighted by Crippen LogP contribution is 2.28. The minimum Gasteiger partial charge on any atom is -0.464 e. The molecule has 3 aromatic rings. The van der Waals surface area contributed by atoms with Gasteiger partial charge in [-0.2, -0.15) is 0 Å². The number of nitrogens with two attached hydrogens (primary N) is 1. The number of pyridine rings is 1. The van der Waals surface area contributed by atoms with E-state index in [0.29, 0.717) is 17.0 Å². The Kier molecular flexibility index (Phi) is 4.22. The van der Waals surface area contributed by atoms with Crippen molar-refractivity contribution in [1.82, 2.24) is 9.55 Å². The van der Waals surface area contributed by atoms with Gasteiger partial charge in [0.2, 0.25) is 0 Å². The Morgan fingerprint density at radius 1 is 1.21 bits per heavy atom. The molecule has 2 aromatic heterocycles. The number of nitrogens with zero attached hydrogens (tertiary/aromatic N) is 2. The van der Waals surface area contributed by atoms with Gasteiger partial charge < -0.3 is 15.6 Å². The molecule has 1 unspecified atom stereocenters. The molecule has 0 aliphatic rings. The molecule has 2 heterocycles. The fraction of sp³-hybridized carbons (Fsp3) is 0.222. The summed E-state index contributed by atoms with van der Waals surface area (Å²) in [5.74, 6) is 1.55. The third-order valence-electron chi connectivity index (χ3n) is 3.92. The second-order valence-corrected chi connectivity index (χ2v) is 5.98. The van der Waals surface area contributed by atoms with E-state index in [4.69, 9.17) is 15.6 Å². The van der Waals surface area contributed by atoms with Crippen molar-refractivity contribution in [2.24, 2.45) is 11.7 Å². The SMILES string of the molecule is CC(C)C(N)c1cc(Oc2ccc3c(ccn3C(=O)O)c2)ccn1. The highest BCUT2D eigenvalue weighted by atomic mass is 16.5. The minimum atomic E-state index is -1.01. The number of aromatic nitrogens is 2. The van der Waals surface area contributed by atoms with Crippen LogP contribution in [0.5, 0.6) is 11.5 Å². The van der Waals surface area contributed by atoms with Crippen molar-refractivity contribution in [3.05, 3.63) is 54.5 Å². The van der Waals surface area contributed by atoms with E-state index in [1.807, 2.05) is 19.9 Å². The summed E-state index contributed by atoms with van der Waals surface area (Å²) >= 11 is 0. The summed E-state index contributed by atoms with van der Waals surface area (Å²) in [6.45, 7) is 4.09. The number of rotatable bonds is 4. The fourth-order valence-electron chi connectivity index (χ4n) is 2.50. The van der Waals surface area contributed by atoms with Gasteiger partial charge in [-0.1, -0.05) is 13.8 Å². The van der Waals surface area contributed by atoms with E-state index in [-0.39, 0.29) is 12.0 Å². The van der Waals surface area contributed by atoms with Gasteiger partial charge in [-0.15, -0.1) is 0 Å². The summed E-state index contributed by atoms with van der Waals surface area (Å²) in [6.07, 6.45) is 2.18. The van der Waals surface area contributed by atoms with Crippen LogP contribution < -0.4 is 10.5 Å². The molecule has 0 saturated carbocycles. The minimum absolute atomic E-state index is 0.152. The molecule has 3 N–H and O–H groups in total. The Labute approximate surface area is 139 Å². The number of carboxylic acid groups (broad SMARTS) is 1. The van der Waals surface area contributed by atoms with Crippen LogP contribution in [0, 0.1) is 5.92 Å². The first-order valence-electron chi connectivity index (χ1n) is 7.69. The highest BCUT2D eigenvalue weighted by molar-refractivity contribution is 5.89. The third kappa shape index (κ3) is 3.09. The molecule has 0 fully saturated rings. The number of benzene rings is 1. The molecule has 0 aliphatic heterocycles. The smallest absolute Gasteiger partial charge is 0.415 e. The molecule has 1 aromatic carbocycles. The normalized spacial score (nSPS) is 12.5. The van der Waals surface area contributed by atoms with Crippen molar-refractivity contribution in [2.75, 3.05) is 0 Å². The van der Waals surface area contributed by atoms with Gasteiger partial charge >= 0.3 is 6.09 Å². The van der Waals surface area contributed by atoms with Gasteiger partial charge in [0.1, 0.15) is 11.5 Å². The molecule has 6 heteroatoms. The van der Waals surface area contributed by atoms with E-state index in [1.54, 1.807) is 36.5 Å². The van der Waals surface area contributed by atoms with Crippen molar-refractivity contribution < 1.29 is 14.6 Å². The topological polar surface area (TPSA) is 90.4 Å². The Morgan fingerprint density at radius 3 is 2.67 bits per heavy atom. The van der Waals surface area contributed by atoms with Crippen molar-refractivity contribution in [3.8, 4) is 11.5 Å².